The predicted molar refractivity (Wildman–Crippen MR) is 112 cm³/mol. The van der Waals surface area contributed by atoms with E-state index in [1.54, 1.807) is 36.4 Å². The third-order valence-corrected chi connectivity index (χ3v) is 6.01. The van der Waals surface area contributed by atoms with Crippen LogP contribution in [0.25, 0.3) is 0 Å². The summed E-state index contributed by atoms with van der Waals surface area (Å²) in [6.07, 6.45) is 1.68. The lowest BCUT2D eigenvalue weighted by Crippen LogP contribution is -2.41. The summed E-state index contributed by atoms with van der Waals surface area (Å²) in [5.41, 5.74) is 4.76. The van der Waals surface area contributed by atoms with E-state index in [-0.39, 0.29) is 17.8 Å². The molecule has 1 aliphatic rings. The normalized spacial score (nSPS) is 18.0. The van der Waals surface area contributed by atoms with Crippen LogP contribution in [0.15, 0.2) is 53.7 Å². The van der Waals surface area contributed by atoms with Crippen LogP contribution in [0.1, 0.15) is 30.8 Å². The number of halogens is 2. The molecule has 0 spiro atoms. The Morgan fingerprint density at radius 1 is 1.28 bits per heavy atom. The van der Waals surface area contributed by atoms with E-state index in [1.165, 1.54) is 23.9 Å². The lowest BCUT2D eigenvalue weighted by atomic mass is 10.0. The van der Waals surface area contributed by atoms with Crippen LogP contribution < -0.4 is 10.7 Å². The fraction of sp³-hybridized carbons (Fsp3) is 0.250. The zero-order valence-electron chi connectivity index (χ0n) is 15.6. The van der Waals surface area contributed by atoms with Crippen molar-refractivity contribution >= 4 is 35.0 Å². The zero-order chi connectivity index (χ0) is 20.4. The number of thioether (sulfide) groups is 1. The van der Waals surface area contributed by atoms with Crippen LogP contribution in [0.2, 0.25) is 5.02 Å². The number of hydrogen-bond acceptors (Lipinski definition) is 5. The number of nitrogens with one attached hydrogen (secondary N) is 2. The number of hydrogen-bond donors (Lipinski definition) is 2. The number of rotatable bonds is 5. The van der Waals surface area contributed by atoms with E-state index in [1.807, 2.05) is 4.68 Å². The summed E-state index contributed by atoms with van der Waals surface area (Å²) in [5, 5.41) is 12.0. The van der Waals surface area contributed by atoms with Crippen LogP contribution in [0.4, 0.5) is 10.1 Å². The zero-order valence-corrected chi connectivity index (χ0v) is 17.2. The van der Waals surface area contributed by atoms with Gasteiger partial charge in [0.2, 0.25) is 11.1 Å². The lowest BCUT2D eigenvalue weighted by molar-refractivity contribution is -0.116. The molecule has 3 aromatic rings. The van der Waals surface area contributed by atoms with E-state index < -0.39 is 5.25 Å². The Bertz CT molecular complexity index is 1030. The Labute approximate surface area is 176 Å². The summed E-state index contributed by atoms with van der Waals surface area (Å²) in [6.45, 7) is 2.07. The summed E-state index contributed by atoms with van der Waals surface area (Å²) in [4.78, 5) is 13.1. The van der Waals surface area contributed by atoms with Crippen LogP contribution in [-0.2, 0) is 11.2 Å². The Morgan fingerprint density at radius 3 is 2.79 bits per heavy atom. The number of aryl methyl sites for hydroxylation is 1. The van der Waals surface area contributed by atoms with Gasteiger partial charge in [-0.1, -0.05) is 48.5 Å². The molecule has 9 heteroatoms. The van der Waals surface area contributed by atoms with Crippen LogP contribution in [0.3, 0.4) is 0 Å². The smallest absolute Gasteiger partial charge is 0.240 e. The van der Waals surface area contributed by atoms with Crippen molar-refractivity contribution in [2.45, 2.75) is 36.2 Å². The summed E-state index contributed by atoms with van der Waals surface area (Å²) in [7, 11) is 0. The second-order valence-electron chi connectivity index (χ2n) is 6.68. The Hall–Kier alpha value is -2.58. The molecule has 0 saturated heterocycles. The highest BCUT2D eigenvalue weighted by Crippen LogP contribution is 2.37. The van der Waals surface area contributed by atoms with Gasteiger partial charge >= 0.3 is 0 Å². The average Bonchev–Trinajstić information content (AvgIpc) is 3.10. The Kier molecular flexibility index (Phi) is 5.73. The van der Waals surface area contributed by atoms with Crippen molar-refractivity contribution < 1.29 is 9.18 Å². The number of benzene rings is 2. The maximum absolute atomic E-state index is 13.4. The topological polar surface area (TPSA) is 71.8 Å². The number of fused-ring (bicyclic) bond motifs is 1. The summed E-state index contributed by atoms with van der Waals surface area (Å²) < 4.78 is 15.3. The van der Waals surface area contributed by atoms with Gasteiger partial charge in [0.25, 0.3) is 0 Å². The number of amides is 1. The minimum absolute atomic E-state index is 0.203. The quantitative estimate of drug-likeness (QED) is 0.625. The molecule has 0 radical (unpaired) electrons. The van der Waals surface area contributed by atoms with Gasteiger partial charge in [0.05, 0.1) is 6.04 Å². The molecule has 2 atom stereocenters. The van der Waals surface area contributed by atoms with E-state index >= 15 is 0 Å². The first-order valence-corrected chi connectivity index (χ1v) is 10.5. The lowest BCUT2D eigenvalue weighted by Gasteiger charge is -2.33. The molecule has 0 saturated carbocycles. The summed E-state index contributed by atoms with van der Waals surface area (Å²) in [5.74, 6) is 0.273. The van der Waals surface area contributed by atoms with Gasteiger partial charge < -0.3 is 10.7 Å². The van der Waals surface area contributed by atoms with E-state index in [0.29, 0.717) is 15.9 Å². The molecular formula is C20H19ClFN5OS. The Morgan fingerprint density at radius 2 is 2.07 bits per heavy atom. The van der Waals surface area contributed by atoms with E-state index in [9.17, 15) is 9.18 Å². The first kappa shape index (κ1) is 19.7. The van der Waals surface area contributed by atoms with Crippen molar-refractivity contribution in [3.8, 4) is 0 Å². The molecule has 4 rings (SSSR count). The van der Waals surface area contributed by atoms with E-state index in [2.05, 4.69) is 27.9 Å². The molecule has 0 bridgehead atoms. The molecule has 1 amide bonds. The van der Waals surface area contributed by atoms with Gasteiger partial charge in [-0.15, -0.1) is 10.2 Å². The average molecular weight is 432 g/mol. The van der Waals surface area contributed by atoms with Crippen molar-refractivity contribution in [2.75, 3.05) is 10.7 Å². The highest BCUT2D eigenvalue weighted by atomic mass is 35.5. The minimum Gasteiger partial charge on any atom is -0.325 e. The van der Waals surface area contributed by atoms with E-state index in [0.717, 1.165) is 24.2 Å². The van der Waals surface area contributed by atoms with Gasteiger partial charge in [0.15, 0.2) is 5.82 Å². The molecule has 1 aliphatic heterocycles. The number of nitrogens with zero attached hydrogens (tertiary/aromatic N) is 3. The largest absolute Gasteiger partial charge is 0.325 e. The minimum atomic E-state index is -0.536. The van der Waals surface area contributed by atoms with Crippen molar-refractivity contribution in [1.82, 2.24) is 14.9 Å². The fourth-order valence-corrected chi connectivity index (χ4v) is 4.47. The second-order valence-corrected chi connectivity index (χ2v) is 8.23. The van der Waals surface area contributed by atoms with Crippen LogP contribution in [0, 0.1) is 5.82 Å². The number of aromatic nitrogens is 3. The standard InChI is InChI=1S/C20H19ClFN5OS/c1-2-4-16-24-25-20-27(16)26-17(12-7-9-14(22)10-8-12)18(29-20)19(28)23-15-6-3-5-13(21)11-15/h3,5-11,17-18,26H,2,4H2,1H3,(H,23,28)/t17-,18-/m0/s1. The number of carbonyl (C=O) groups excluding carboxylic acids is 1. The van der Waals surface area contributed by atoms with Crippen molar-refractivity contribution in [2.24, 2.45) is 0 Å². The molecule has 0 aliphatic carbocycles. The van der Waals surface area contributed by atoms with Crippen molar-refractivity contribution in [3.63, 3.8) is 0 Å². The van der Waals surface area contributed by atoms with Crippen molar-refractivity contribution in [3.05, 3.63) is 70.8 Å². The fourth-order valence-electron chi connectivity index (χ4n) is 3.18. The first-order valence-electron chi connectivity index (χ1n) is 9.24. The molecule has 6 nitrogen and oxygen atoms in total. The molecule has 0 fully saturated rings. The van der Waals surface area contributed by atoms with Crippen LogP contribution in [-0.4, -0.2) is 26.0 Å². The molecule has 2 aromatic carbocycles. The second kappa shape index (κ2) is 8.42. The summed E-state index contributed by atoms with van der Waals surface area (Å²) in [6, 6.07) is 12.7. The number of carbonyl (C=O) groups is 1. The molecule has 0 unspecified atom stereocenters. The molecule has 1 aromatic heterocycles. The molecule has 2 heterocycles. The first-order chi connectivity index (χ1) is 14.0. The van der Waals surface area contributed by atoms with Gasteiger partial charge in [-0.05, 0) is 42.3 Å². The third kappa shape index (κ3) is 4.23. The predicted octanol–water partition coefficient (Wildman–Crippen LogP) is 4.42. The molecule has 2 N–H and O–H groups in total. The van der Waals surface area contributed by atoms with Crippen LogP contribution >= 0.6 is 23.4 Å². The monoisotopic (exact) mass is 431 g/mol. The van der Waals surface area contributed by atoms with E-state index in [4.69, 9.17) is 11.6 Å². The molecular weight excluding hydrogens is 413 g/mol. The summed E-state index contributed by atoms with van der Waals surface area (Å²) >= 11 is 7.36. The Balaban J connectivity index is 1.66. The van der Waals surface area contributed by atoms with Gasteiger partial charge in [-0.2, -0.15) is 0 Å². The van der Waals surface area contributed by atoms with Gasteiger partial charge in [0.1, 0.15) is 11.1 Å². The van der Waals surface area contributed by atoms with Crippen molar-refractivity contribution in [1.29, 1.82) is 0 Å². The van der Waals surface area contributed by atoms with Crippen LogP contribution in [0.5, 0.6) is 0 Å². The molecule has 150 valence electrons. The maximum Gasteiger partial charge on any atom is 0.240 e. The van der Waals surface area contributed by atoms with Gasteiger partial charge in [-0.3, -0.25) is 4.79 Å². The molecule has 29 heavy (non-hydrogen) atoms. The number of anilines is 1. The third-order valence-electron chi connectivity index (χ3n) is 4.56. The SMILES string of the molecule is CCCc1nnc2n1N[C@@H](c1ccc(F)cc1)[C@@H](C(=O)Nc1cccc(Cl)c1)S2. The highest BCUT2D eigenvalue weighted by molar-refractivity contribution is 8.00. The van der Waals surface area contributed by atoms with Gasteiger partial charge in [0, 0.05) is 17.1 Å². The maximum atomic E-state index is 13.4. The van der Waals surface area contributed by atoms with Gasteiger partial charge in [-0.25, -0.2) is 9.07 Å². The highest BCUT2D eigenvalue weighted by Gasteiger charge is 2.37.